The molecule has 6 nitrogen and oxygen atoms in total. The van der Waals surface area contributed by atoms with E-state index >= 15 is 0 Å². The molecule has 0 aromatic heterocycles. The molecule has 0 heterocycles. The van der Waals surface area contributed by atoms with Crippen molar-refractivity contribution in [1.82, 2.24) is 0 Å². The number of hydrogen-bond donors (Lipinski definition) is 1. The zero-order valence-electron chi connectivity index (χ0n) is 19.1. The van der Waals surface area contributed by atoms with Crippen molar-refractivity contribution < 1.29 is 23.1 Å². The first kappa shape index (κ1) is 25.1. The predicted molar refractivity (Wildman–Crippen MR) is 121 cm³/mol. The van der Waals surface area contributed by atoms with Gasteiger partial charge in [-0.05, 0) is 62.1 Å². The standard InChI is InChI=1S/C23H38NO5P/c1-6-28-30(26,29-7-2)16-19-9-11-20(12-10-19)24-23(25)15-27-22-14-18(5)8-13-21(22)17(3)4/h9-12,17-18,21-22H,6-8,13-16H2,1-5H3,(H,24,25)/t18-,21+,22-/m0/s1. The molecule has 2 rings (SSSR count). The van der Waals surface area contributed by atoms with Crippen molar-refractivity contribution in [3.63, 3.8) is 0 Å². The molecule has 1 aromatic rings. The van der Waals surface area contributed by atoms with Crippen LogP contribution in [-0.4, -0.2) is 31.8 Å². The molecule has 1 saturated carbocycles. The molecule has 0 bridgehead atoms. The number of benzene rings is 1. The zero-order chi connectivity index (χ0) is 22.1. The van der Waals surface area contributed by atoms with Gasteiger partial charge < -0.3 is 19.1 Å². The number of carbonyl (C=O) groups excluding carboxylic acids is 1. The van der Waals surface area contributed by atoms with E-state index in [0.29, 0.717) is 36.7 Å². The van der Waals surface area contributed by atoms with Gasteiger partial charge in [-0.3, -0.25) is 9.36 Å². The van der Waals surface area contributed by atoms with Crippen molar-refractivity contribution in [3.05, 3.63) is 29.8 Å². The van der Waals surface area contributed by atoms with Gasteiger partial charge in [-0.1, -0.05) is 39.3 Å². The average Bonchev–Trinajstić information content (AvgIpc) is 2.68. The van der Waals surface area contributed by atoms with E-state index in [1.54, 1.807) is 26.0 Å². The molecule has 0 unspecified atom stereocenters. The highest BCUT2D eigenvalue weighted by Gasteiger charge is 2.31. The van der Waals surface area contributed by atoms with Crippen LogP contribution >= 0.6 is 7.60 Å². The van der Waals surface area contributed by atoms with E-state index in [2.05, 4.69) is 26.1 Å². The minimum atomic E-state index is -3.14. The van der Waals surface area contributed by atoms with Gasteiger partial charge in [0.15, 0.2) is 0 Å². The SMILES string of the molecule is CCOP(=O)(Cc1ccc(NC(=O)CO[C@H]2C[C@@H](C)CC[C@@H]2C(C)C)cc1)OCC. The molecular formula is C23H38NO5P. The van der Waals surface area contributed by atoms with E-state index in [-0.39, 0.29) is 24.8 Å². The second-order valence-electron chi connectivity index (χ2n) is 8.53. The first-order chi connectivity index (χ1) is 14.3. The highest BCUT2D eigenvalue weighted by atomic mass is 31.2. The van der Waals surface area contributed by atoms with E-state index in [0.717, 1.165) is 12.0 Å². The van der Waals surface area contributed by atoms with Gasteiger partial charge in [0.05, 0.1) is 25.5 Å². The Morgan fingerprint density at radius 1 is 1.13 bits per heavy atom. The number of carbonyl (C=O) groups is 1. The normalized spacial score (nSPS) is 22.3. The van der Waals surface area contributed by atoms with Crippen LogP contribution in [0.25, 0.3) is 0 Å². The minimum absolute atomic E-state index is 0.0617. The van der Waals surface area contributed by atoms with E-state index in [4.69, 9.17) is 13.8 Å². The Kier molecular flexibility index (Phi) is 10.0. The molecule has 0 saturated heterocycles. The smallest absolute Gasteiger partial charge is 0.335 e. The van der Waals surface area contributed by atoms with Crippen molar-refractivity contribution in [1.29, 1.82) is 0 Å². The Morgan fingerprint density at radius 2 is 1.77 bits per heavy atom. The maximum atomic E-state index is 12.6. The van der Waals surface area contributed by atoms with Crippen molar-refractivity contribution in [2.45, 2.75) is 66.1 Å². The minimum Gasteiger partial charge on any atom is -0.368 e. The molecule has 1 fully saturated rings. The topological polar surface area (TPSA) is 73.9 Å². The van der Waals surface area contributed by atoms with Crippen molar-refractivity contribution in [2.75, 3.05) is 25.1 Å². The number of hydrogen-bond acceptors (Lipinski definition) is 5. The molecule has 0 aliphatic heterocycles. The van der Waals surface area contributed by atoms with E-state index < -0.39 is 7.60 Å². The summed E-state index contributed by atoms with van der Waals surface area (Å²) in [6.07, 6.45) is 3.78. The van der Waals surface area contributed by atoms with Crippen molar-refractivity contribution in [2.24, 2.45) is 17.8 Å². The second-order valence-corrected chi connectivity index (χ2v) is 10.6. The van der Waals surface area contributed by atoms with Gasteiger partial charge in [0.2, 0.25) is 5.91 Å². The van der Waals surface area contributed by atoms with Gasteiger partial charge in [0.25, 0.3) is 0 Å². The summed E-state index contributed by atoms with van der Waals surface area (Å²) in [5, 5.41) is 2.88. The summed E-state index contributed by atoms with van der Waals surface area (Å²) >= 11 is 0. The number of ether oxygens (including phenoxy) is 1. The zero-order valence-corrected chi connectivity index (χ0v) is 20.0. The number of amides is 1. The predicted octanol–water partition coefficient (Wildman–Crippen LogP) is 5.87. The third-order valence-electron chi connectivity index (χ3n) is 5.66. The molecular weight excluding hydrogens is 401 g/mol. The number of rotatable bonds is 11. The molecule has 1 N–H and O–H groups in total. The van der Waals surface area contributed by atoms with Gasteiger partial charge >= 0.3 is 7.60 Å². The molecule has 3 atom stereocenters. The van der Waals surface area contributed by atoms with Crippen molar-refractivity contribution in [3.8, 4) is 0 Å². The molecule has 0 spiro atoms. The molecule has 1 aliphatic rings. The number of nitrogens with one attached hydrogen (secondary N) is 1. The summed E-state index contributed by atoms with van der Waals surface area (Å²) in [5.41, 5.74) is 1.53. The quantitative estimate of drug-likeness (QED) is 0.437. The lowest BCUT2D eigenvalue weighted by Crippen LogP contribution is -2.36. The molecule has 1 aromatic carbocycles. The number of anilines is 1. The second kappa shape index (κ2) is 12.0. The van der Waals surface area contributed by atoms with E-state index in [9.17, 15) is 9.36 Å². The third-order valence-corrected chi connectivity index (χ3v) is 7.71. The van der Waals surface area contributed by atoms with E-state index in [1.807, 2.05) is 12.1 Å². The van der Waals surface area contributed by atoms with Crippen LogP contribution in [0.5, 0.6) is 0 Å². The molecule has 1 amide bonds. The van der Waals surface area contributed by atoms with E-state index in [1.165, 1.54) is 12.8 Å². The Labute approximate surface area is 181 Å². The van der Waals surface area contributed by atoms with Crippen LogP contribution in [0, 0.1) is 17.8 Å². The largest absolute Gasteiger partial charge is 0.368 e. The van der Waals surface area contributed by atoms with Gasteiger partial charge in [-0.2, -0.15) is 0 Å². The average molecular weight is 440 g/mol. The molecule has 7 heteroatoms. The van der Waals surface area contributed by atoms with Crippen LogP contribution in [0.4, 0.5) is 5.69 Å². The molecule has 1 aliphatic carbocycles. The van der Waals surface area contributed by atoms with Gasteiger partial charge in [-0.25, -0.2) is 0 Å². The monoisotopic (exact) mass is 439 g/mol. The fraction of sp³-hybridized carbons (Fsp3) is 0.696. The maximum absolute atomic E-state index is 12.6. The van der Waals surface area contributed by atoms with Gasteiger partial charge in [-0.15, -0.1) is 0 Å². The first-order valence-electron chi connectivity index (χ1n) is 11.1. The van der Waals surface area contributed by atoms with Crippen LogP contribution in [0.3, 0.4) is 0 Å². The summed E-state index contributed by atoms with van der Waals surface area (Å²) in [5.74, 6) is 1.56. The van der Waals surface area contributed by atoms with Crippen LogP contribution in [0.2, 0.25) is 0 Å². The summed E-state index contributed by atoms with van der Waals surface area (Å²) in [6, 6.07) is 7.27. The van der Waals surface area contributed by atoms with Crippen LogP contribution in [0.1, 0.15) is 59.4 Å². The highest BCUT2D eigenvalue weighted by Crippen LogP contribution is 2.51. The van der Waals surface area contributed by atoms with Gasteiger partial charge in [0.1, 0.15) is 6.61 Å². The van der Waals surface area contributed by atoms with Crippen LogP contribution in [0.15, 0.2) is 24.3 Å². The van der Waals surface area contributed by atoms with Crippen molar-refractivity contribution >= 4 is 19.2 Å². The Balaban J connectivity index is 1.87. The summed E-state index contributed by atoms with van der Waals surface area (Å²) < 4.78 is 29.3. The summed E-state index contributed by atoms with van der Waals surface area (Å²) in [6.45, 7) is 11.0. The summed E-state index contributed by atoms with van der Waals surface area (Å²) in [4.78, 5) is 12.4. The summed E-state index contributed by atoms with van der Waals surface area (Å²) in [7, 11) is -3.14. The molecule has 170 valence electrons. The fourth-order valence-corrected chi connectivity index (χ4v) is 5.83. The molecule has 30 heavy (non-hydrogen) atoms. The highest BCUT2D eigenvalue weighted by molar-refractivity contribution is 7.53. The van der Waals surface area contributed by atoms with Crippen LogP contribution < -0.4 is 5.32 Å². The lowest BCUT2D eigenvalue weighted by Gasteiger charge is -2.37. The van der Waals surface area contributed by atoms with Gasteiger partial charge in [0, 0.05) is 5.69 Å². The van der Waals surface area contributed by atoms with Crippen LogP contribution in [-0.2, 0) is 29.3 Å². The first-order valence-corrected chi connectivity index (χ1v) is 12.9. The third kappa shape index (κ3) is 7.81. The Morgan fingerprint density at radius 3 is 2.33 bits per heavy atom. The maximum Gasteiger partial charge on any atom is 0.335 e. The Hall–Kier alpha value is -1.20. The lowest BCUT2D eigenvalue weighted by molar-refractivity contribution is -0.126. The lowest BCUT2D eigenvalue weighted by atomic mass is 9.75. The molecule has 0 radical (unpaired) electrons. The Bertz CT molecular complexity index is 696. The fourth-order valence-electron chi connectivity index (χ4n) is 4.13.